The molecular weight excluding hydrogens is 426 g/mol. The predicted molar refractivity (Wildman–Crippen MR) is 127 cm³/mol. The molecule has 0 aliphatic heterocycles. The maximum atomic E-state index is 12.7. The third-order valence-electron chi connectivity index (χ3n) is 5.40. The standard InChI is InChI=1S/C23H27N5O3S/c1-31-20-10-6-8-18(14-20)27-23-15-22(24-16-25-23)26-17-7-5-9-19(13-17)28-32(29,30)21-11-3-2-4-12-21/h5-10,13-16,21,28H,2-4,11-12H2,1H3,(H2,24,25,26,27). The number of anilines is 5. The second kappa shape index (κ2) is 9.86. The Morgan fingerprint density at radius 1 is 0.844 bits per heavy atom. The molecular formula is C23H27N5O3S. The molecule has 8 nitrogen and oxygen atoms in total. The van der Waals surface area contributed by atoms with E-state index < -0.39 is 10.0 Å². The van der Waals surface area contributed by atoms with Crippen molar-refractivity contribution < 1.29 is 13.2 Å². The molecule has 0 bridgehead atoms. The average Bonchev–Trinajstić information content (AvgIpc) is 2.80. The summed E-state index contributed by atoms with van der Waals surface area (Å²) in [6.07, 6.45) is 5.94. The number of methoxy groups -OCH3 is 1. The zero-order valence-electron chi connectivity index (χ0n) is 17.9. The van der Waals surface area contributed by atoms with Crippen LogP contribution in [0.2, 0.25) is 0 Å². The fourth-order valence-corrected chi connectivity index (χ4v) is 5.35. The Kier molecular flexibility index (Phi) is 6.75. The summed E-state index contributed by atoms with van der Waals surface area (Å²) < 4.78 is 33.4. The van der Waals surface area contributed by atoms with Gasteiger partial charge in [-0.2, -0.15) is 0 Å². The van der Waals surface area contributed by atoms with Gasteiger partial charge in [0.1, 0.15) is 23.7 Å². The first-order chi connectivity index (χ1) is 15.5. The fourth-order valence-electron chi connectivity index (χ4n) is 3.77. The monoisotopic (exact) mass is 453 g/mol. The molecule has 1 heterocycles. The van der Waals surface area contributed by atoms with E-state index in [1.165, 1.54) is 6.33 Å². The van der Waals surface area contributed by atoms with Crippen LogP contribution in [0.1, 0.15) is 32.1 Å². The SMILES string of the molecule is COc1cccc(Nc2cc(Nc3cccc(NS(=O)(=O)C4CCCCC4)c3)ncn2)c1. The van der Waals surface area contributed by atoms with Crippen LogP contribution in [0.15, 0.2) is 60.9 Å². The van der Waals surface area contributed by atoms with Gasteiger partial charge in [0.2, 0.25) is 10.0 Å². The van der Waals surface area contributed by atoms with Crippen LogP contribution in [-0.2, 0) is 10.0 Å². The highest BCUT2D eigenvalue weighted by Crippen LogP contribution is 2.27. The van der Waals surface area contributed by atoms with Crippen molar-refractivity contribution in [1.82, 2.24) is 9.97 Å². The summed E-state index contributed by atoms with van der Waals surface area (Å²) in [6.45, 7) is 0. The van der Waals surface area contributed by atoms with Gasteiger partial charge in [0.05, 0.1) is 18.0 Å². The fraction of sp³-hybridized carbons (Fsp3) is 0.304. The zero-order chi connectivity index (χ0) is 22.4. The second-order valence-corrected chi connectivity index (χ2v) is 9.72. The van der Waals surface area contributed by atoms with Gasteiger partial charge >= 0.3 is 0 Å². The van der Waals surface area contributed by atoms with Crippen molar-refractivity contribution in [1.29, 1.82) is 0 Å². The molecule has 3 N–H and O–H groups in total. The molecule has 1 saturated carbocycles. The van der Waals surface area contributed by atoms with Gasteiger partial charge in [0, 0.05) is 23.5 Å². The van der Waals surface area contributed by atoms with Crippen molar-refractivity contribution in [2.24, 2.45) is 0 Å². The molecule has 0 radical (unpaired) electrons. The number of aromatic nitrogens is 2. The van der Waals surface area contributed by atoms with Crippen molar-refractivity contribution in [3.8, 4) is 5.75 Å². The van der Waals surface area contributed by atoms with Gasteiger partial charge in [-0.25, -0.2) is 18.4 Å². The van der Waals surface area contributed by atoms with E-state index in [4.69, 9.17) is 4.74 Å². The number of ether oxygens (including phenoxy) is 1. The molecule has 0 saturated heterocycles. The van der Waals surface area contributed by atoms with Crippen molar-refractivity contribution in [3.05, 3.63) is 60.9 Å². The first-order valence-electron chi connectivity index (χ1n) is 10.6. The van der Waals surface area contributed by atoms with Crippen LogP contribution in [-0.4, -0.2) is 30.7 Å². The van der Waals surface area contributed by atoms with Crippen LogP contribution >= 0.6 is 0 Å². The first kappa shape index (κ1) is 21.9. The Hall–Kier alpha value is -3.33. The molecule has 1 aromatic heterocycles. The first-order valence-corrected chi connectivity index (χ1v) is 12.2. The van der Waals surface area contributed by atoms with E-state index in [1.807, 2.05) is 30.3 Å². The molecule has 0 atom stereocenters. The molecule has 0 amide bonds. The quantitative estimate of drug-likeness (QED) is 0.438. The smallest absolute Gasteiger partial charge is 0.235 e. The normalized spacial score (nSPS) is 14.5. The lowest BCUT2D eigenvalue weighted by molar-refractivity contribution is 0.415. The Labute approximate surface area is 188 Å². The molecule has 9 heteroatoms. The van der Waals surface area contributed by atoms with Gasteiger partial charge in [-0.05, 0) is 43.2 Å². The van der Waals surface area contributed by atoms with Gasteiger partial charge in [-0.15, -0.1) is 0 Å². The van der Waals surface area contributed by atoms with Crippen LogP contribution in [0.3, 0.4) is 0 Å². The molecule has 1 fully saturated rings. The summed E-state index contributed by atoms with van der Waals surface area (Å²) in [7, 11) is -1.78. The summed E-state index contributed by atoms with van der Waals surface area (Å²) in [5.74, 6) is 1.94. The maximum absolute atomic E-state index is 12.7. The molecule has 1 aliphatic rings. The summed E-state index contributed by atoms with van der Waals surface area (Å²) in [5.41, 5.74) is 2.09. The lowest BCUT2D eigenvalue weighted by atomic mass is 10.0. The van der Waals surface area contributed by atoms with Crippen LogP contribution in [0.5, 0.6) is 5.75 Å². The number of benzene rings is 2. The Balaban J connectivity index is 1.45. The summed E-state index contributed by atoms with van der Waals surface area (Å²) in [4.78, 5) is 8.52. The minimum Gasteiger partial charge on any atom is -0.497 e. The van der Waals surface area contributed by atoms with Gasteiger partial charge in [-0.1, -0.05) is 31.4 Å². The highest BCUT2D eigenvalue weighted by molar-refractivity contribution is 7.93. The van der Waals surface area contributed by atoms with Crippen molar-refractivity contribution in [2.75, 3.05) is 22.5 Å². The average molecular weight is 454 g/mol. The van der Waals surface area contributed by atoms with E-state index in [1.54, 1.807) is 31.4 Å². The number of sulfonamides is 1. The maximum Gasteiger partial charge on any atom is 0.235 e. The van der Waals surface area contributed by atoms with Crippen molar-refractivity contribution in [2.45, 2.75) is 37.4 Å². The van der Waals surface area contributed by atoms with Gasteiger partial charge in [0.15, 0.2) is 0 Å². The topological polar surface area (TPSA) is 105 Å². The van der Waals surface area contributed by atoms with Crippen molar-refractivity contribution in [3.63, 3.8) is 0 Å². The number of nitrogens with zero attached hydrogens (tertiary/aromatic N) is 2. The number of hydrogen-bond acceptors (Lipinski definition) is 7. The van der Waals surface area contributed by atoms with Crippen molar-refractivity contribution >= 4 is 38.7 Å². The Morgan fingerprint density at radius 2 is 1.47 bits per heavy atom. The van der Waals surface area contributed by atoms with E-state index in [-0.39, 0.29) is 5.25 Å². The molecule has 168 valence electrons. The van der Waals surface area contributed by atoms with E-state index in [0.29, 0.717) is 17.3 Å². The lowest BCUT2D eigenvalue weighted by Crippen LogP contribution is -2.29. The molecule has 4 rings (SSSR count). The van der Waals surface area contributed by atoms with Gasteiger partial charge in [0.25, 0.3) is 0 Å². The molecule has 32 heavy (non-hydrogen) atoms. The van der Waals surface area contributed by atoms with Crippen LogP contribution in [0, 0.1) is 0 Å². The largest absolute Gasteiger partial charge is 0.497 e. The molecule has 1 aliphatic carbocycles. The van der Waals surface area contributed by atoms with Crippen LogP contribution in [0.4, 0.5) is 28.7 Å². The Bertz CT molecular complexity index is 1160. The summed E-state index contributed by atoms with van der Waals surface area (Å²) >= 11 is 0. The minimum absolute atomic E-state index is 0.319. The molecule has 3 aromatic rings. The zero-order valence-corrected chi connectivity index (χ0v) is 18.7. The van der Waals surface area contributed by atoms with E-state index >= 15 is 0 Å². The summed E-state index contributed by atoms with van der Waals surface area (Å²) in [5, 5.41) is 6.11. The van der Waals surface area contributed by atoms with E-state index in [9.17, 15) is 8.42 Å². The van der Waals surface area contributed by atoms with Gasteiger partial charge < -0.3 is 15.4 Å². The number of rotatable bonds is 8. The molecule has 2 aromatic carbocycles. The highest BCUT2D eigenvalue weighted by Gasteiger charge is 2.27. The molecule has 0 unspecified atom stereocenters. The minimum atomic E-state index is -3.40. The summed E-state index contributed by atoms with van der Waals surface area (Å²) in [6, 6.07) is 16.5. The van der Waals surface area contributed by atoms with E-state index in [2.05, 4.69) is 25.3 Å². The highest BCUT2D eigenvalue weighted by atomic mass is 32.2. The van der Waals surface area contributed by atoms with Gasteiger partial charge in [-0.3, -0.25) is 4.72 Å². The molecule has 0 spiro atoms. The third kappa shape index (κ3) is 5.67. The van der Waals surface area contributed by atoms with Crippen LogP contribution < -0.4 is 20.1 Å². The number of hydrogen-bond donors (Lipinski definition) is 3. The second-order valence-electron chi connectivity index (χ2n) is 7.76. The Morgan fingerprint density at radius 3 is 2.16 bits per heavy atom. The van der Waals surface area contributed by atoms with E-state index in [0.717, 1.165) is 49.2 Å². The number of nitrogens with one attached hydrogen (secondary N) is 3. The van der Waals surface area contributed by atoms with Crippen LogP contribution in [0.25, 0.3) is 0 Å². The third-order valence-corrected chi connectivity index (χ3v) is 7.26. The lowest BCUT2D eigenvalue weighted by Gasteiger charge is -2.22. The predicted octanol–water partition coefficient (Wildman–Crippen LogP) is 5.05.